The topological polar surface area (TPSA) is 67.2 Å². The molecule has 0 aromatic carbocycles. The molecule has 2 N–H and O–H groups in total. The van der Waals surface area contributed by atoms with Crippen LogP contribution in [-0.2, 0) is 13.0 Å². The summed E-state index contributed by atoms with van der Waals surface area (Å²) in [7, 11) is 0. The largest absolute Gasteiger partial charge is 0.396 e. The summed E-state index contributed by atoms with van der Waals surface area (Å²) in [4.78, 5) is 12.3. The zero-order valence-electron chi connectivity index (χ0n) is 13.2. The third kappa shape index (κ3) is 4.07. The third-order valence-corrected chi connectivity index (χ3v) is 3.57. The quantitative estimate of drug-likeness (QED) is 0.801. The highest BCUT2D eigenvalue weighted by Crippen LogP contribution is 2.13. The molecule has 0 radical (unpaired) electrons. The van der Waals surface area contributed by atoms with Crippen LogP contribution in [-0.4, -0.2) is 33.4 Å². The first-order valence-electron chi connectivity index (χ1n) is 7.37. The maximum Gasteiger partial charge on any atom is 0.254 e. The molecule has 0 aliphatic heterocycles. The summed E-state index contributed by atoms with van der Waals surface area (Å²) in [5.41, 5.74) is 1.62. The standard InChI is InChI=1S/C15H27N3O2/c1-6-14-13(7-16-18(14)8-10(2)3)15(20)17-12(5)11(4)9-19/h7,10-12,19H,6,8-9H2,1-5H3,(H,17,20). The van der Waals surface area contributed by atoms with Crippen molar-refractivity contribution in [2.45, 2.75) is 53.6 Å². The second-order valence-corrected chi connectivity index (χ2v) is 5.86. The Labute approximate surface area is 121 Å². The van der Waals surface area contributed by atoms with E-state index in [9.17, 15) is 4.79 Å². The Morgan fingerprint density at radius 1 is 1.40 bits per heavy atom. The van der Waals surface area contributed by atoms with Gasteiger partial charge in [0, 0.05) is 19.2 Å². The van der Waals surface area contributed by atoms with Crippen molar-refractivity contribution >= 4 is 5.91 Å². The summed E-state index contributed by atoms with van der Waals surface area (Å²) in [5.74, 6) is 0.420. The second kappa shape index (κ2) is 7.43. The van der Waals surface area contributed by atoms with Crippen molar-refractivity contribution in [2.24, 2.45) is 11.8 Å². The van der Waals surface area contributed by atoms with Crippen LogP contribution in [0.4, 0.5) is 0 Å². The van der Waals surface area contributed by atoms with Gasteiger partial charge in [0.2, 0.25) is 0 Å². The van der Waals surface area contributed by atoms with E-state index in [2.05, 4.69) is 24.3 Å². The molecule has 1 aromatic heterocycles. The number of carbonyl (C=O) groups is 1. The normalized spacial score (nSPS) is 14.3. The van der Waals surface area contributed by atoms with Crippen molar-refractivity contribution in [3.05, 3.63) is 17.5 Å². The molecule has 114 valence electrons. The number of nitrogens with zero attached hydrogens (tertiary/aromatic N) is 2. The number of amides is 1. The van der Waals surface area contributed by atoms with Gasteiger partial charge in [-0.2, -0.15) is 5.10 Å². The van der Waals surface area contributed by atoms with Crippen LogP contribution in [0, 0.1) is 11.8 Å². The van der Waals surface area contributed by atoms with E-state index in [1.807, 2.05) is 25.5 Å². The van der Waals surface area contributed by atoms with Crippen molar-refractivity contribution in [2.75, 3.05) is 6.61 Å². The molecule has 5 heteroatoms. The van der Waals surface area contributed by atoms with Crippen molar-refractivity contribution in [3.8, 4) is 0 Å². The Balaban J connectivity index is 2.85. The van der Waals surface area contributed by atoms with Crippen LogP contribution in [0.2, 0.25) is 0 Å². The molecule has 5 nitrogen and oxygen atoms in total. The van der Waals surface area contributed by atoms with Crippen LogP contribution in [0.5, 0.6) is 0 Å². The van der Waals surface area contributed by atoms with Gasteiger partial charge in [-0.15, -0.1) is 0 Å². The van der Waals surface area contributed by atoms with E-state index in [0.717, 1.165) is 18.7 Å². The van der Waals surface area contributed by atoms with Crippen molar-refractivity contribution < 1.29 is 9.90 Å². The van der Waals surface area contributed by atoms with Gasteiger partial charge < -0.3 is 10.4 Å². The summed E-state index contributed by atoms with van der Waals surface area (Å²) in [6.07, 6.45) is 2.42. The number of aliphatic hydroxyl groups excluding tert-OH is 1. The van der Waals surface area contributed by atoms with E-state index in [0.29, 0.717) is 11.5 Å². The minimum absolute atomic E-state index is 0.0368. The van der Waals surface area contributed by atoms with Gasteiger partial charge in [0.05, 0.1) is 17.5 Å². The SMILES string of the molecule is CCc1c(C(=O)NC(C)C(C)CO)cnn1CC(C)C. The molecule has 20 heavy (non-hydrogen) atoms. The van der Waals surface area contributed by atoms with E-state index in [1.165, 1.54) is 0 Å². The highest BCUT2D eigenvalue weighted by molar-refractivity contribution is 5.95. The fraction of sp³-hybridized carbons (Fsp3) is 0.733. The number of carbonyl (C=O) groups excluding carboxylic acids is 1. The Bertz CT molecular complexity index is 440. The number of nitrogens with one attached hydrogen (secondary N) is 1. The maximum atomic E-state index is 12.3. The lowest BCUT2D eigenvalue weighted by Gasteiger charge is -2.19. The van der Waals surface area contributed by atoms with Crippen molar-refractivity contribution in [1.82, 2.24) is 15.1 Å². The molecule has 2 atom stereocenters. The number of aromatic nitrogens is 2. The van der Waals surface area contributed by atoms with Crippen molar-refractivity contribution in [3.63, 3.8) is 0 Å². The average molecular weight is 281 g/mol. The van der Waals surface area contributed by atoms with Gasteiger partial charge in [-0.05, 0) is 25.2 Å². The molecular formula is C15H27N3O2. The molecule has 0 aliphatic rings. The van der Waals surface area contributed by atoms with Gasteiger partial charge >= 0.3 is 0 Å². The Kier molecular flexibility index (Phi) is 6.20. The predicted molar refractivity (Wildman–Crippen MR) is 79.6 cm³/mol. The van der Waals surface area contributed by atoms with E-state index in [-0.39, 0.29) is 24.5 Å². The number of hydrogen-bond donors (Lipinski definition) is 2. The fourth-order valence-corrected chi connectivity index (χ4v) is 2.06. The van der Waals surface area contributed by atoms with Gasteiger partial charge in [-0.1, -0.05) is 27.7 Å². The molecule has 1 aromatic rings. The molecule has 1 heterocycles. The summed E-state index contributed by atoms with van der Waals surface area (Å²) >= 11 is 0. The molecule has 0 saturated heterocycles. The van der Waals surface area contributed by atoms with E-state index in [1.54, 1.807) is 6.20 Å². The van der Waals surface area contributed by atoms with Crippen LogP contribution in [0.25, 0.3) is 0 Å². The van der Waals surface area contributed by atoms with E-state index < -0.39 is 0 Å². The second-order valence-electron chi connectivity index (χ2n) is 5.86. The summed E-state index contributed by atoms with van der Waals surface area (Å²) in [5, 5.41) is 16.4. The smallest absolute Gasteiger partial charge is 0.254 e. The Morgan fingerprint density at radius 2 is 2.05 bits per heavy atom. The van der Waals surface area contributed by atoms with Gasteiger partial charge in [-0.3, -0.25) is 9.48 Å². The summed E-state index contributed by atoms with van der Waals surface area (Å²) in [6, 6.07) is -0.0642. The zero-order valence-corrected chi connectivity index (χ0v) is 13.2. The van der Waals surface area contributed by atoms with Gasteiger partial charge in [0.25, 0.3) is 5.91 Å². The highest BCUT2D eigenvalue weighted by Gasteiger charge is 2.20. The number of hydrogen-bond acceptors (Lipinski definition) is 3. The lowest BCUT2D eigenvalue weighted by molar-refractivity contribution is 0.0915. The fourth-order valence-electron chi connectivity index (χ4n) is 2.06. The lowest BCUT2D eigenvalue weighted by Crippen LogP contribution is -2.38. The molecule has 2 unspecified atom stereocenters. The highest BCUT2D eigenvalue weighted by atomic mass is 16.3. The molecule has 0 fully saturated rings. The summed E-state index contributed by atoms with van der Waals surface area (Å²) in [6.45, 7) is 11.0. The minimum Gasteiger partial charge on any atom is -0.396 e. The molecular weight excluding hydrogens is 254 g/mol. The molecule has 1 rings (SSSR count). The average Bonchev–Trinajstić information content (AvgIpc) is 2.79. The maximum absolute atomic E-state index is 12.3. The third-order valence-electron chi connectivity index (χ3n) is 3.57. The molecule has 1 amide bonds. The monoisotopic (exact) mass is 281 g/mol. The molecule has 0 spiro atoms. The number of rotatable bonds is 7. The molecule has 0 saturated carbocycles. The van der Waals surface area contributed by atoms with Crippen LogP contribution in [0.15, 0.2) is 6.20 Å². The van der Waals surface area contributed by atoms with Gasteiger partial charge in [0.15, 0.2) is 0 Å². The first-order valence-corrected chi connectivity index (χ1v) is 7.37. The Hall–Kier alpha value is -1.36. The van der Waals surface area contributed by atoms with Crippen LogP contribution in [0.1, 0.15) is 50.7 Å². The first-order chi connectivity index (χ1) is 9.40. The number of aliphatic hydroxyl groups is 1. The van der Waals surface area contributed by atoms with Crippen molar-refractivity contribution in [1.29, 1.82) is 0 Å². The molecule has 0 aliphatic carbocycles. The summed E-state index contributed by atoms with van der Waals surface area (Å²) < 4.78 is 1.92. The zero-order chi connectivity index (χ0) is 15.3. The predicted octanol–water partition coefficient (Wildman–Crippen LogP) is 1.85. The van der Waals surface area contributed by atoms with Crippen LogP contribution >= 0.6 is 0 Å². The first kappa shape index (κ1) is 16.7. The van der Waals surface area contributed by atoms with Crippen LogP contribution in [0.3, 0.4) is 0 Å². The Morgan fingerprint density at radius 3 is 2.55 bits per heavy atom. The minimum atomic E-state index is -0.107. The van der Waals surface area contributed by atoms with E-state index >= 15 is 0 Å². The van der Waals surface area contributed by atoms with Gasteiger partial charge in [0.1, 0.15) is 0 Å². The van der Waals surface area contributed by atoms with E-state index in [4.69, 9.17) is 5.11 Å². The lowest BCUT2D eigenvalue weighted by atomic mass is 10.0. The van der Waals surface area contributed by atoms with Gasteiger partial charge in [-0.25, -0.2) is 0 Å². The molecule has 0 bridgehead atoms. The van der Waals surface area contributed by atoms with Crippen LogP contribution < -0.4 is 5.32 Å².